The van der Waals surface area contributed by atoms with E-state index < -0.39 is 0 Å². The van der Waals surface area contributed by atoms with Crippen molar-refractivity contribution in [2.24, 2.45) is 0 Å². The lowest BCUT2D eigenvalue weighted by atomic mass is 9.33. The molecule has 0 saturated carbocycles. The van der Waals surface area contributed by atoms with E-state index in [1.807, 2.05) is 0 Å². The van der Waals surface area contributed by atoms with E-state index in [2.05, 4.69) is 176 Å². The van der Waals surface area contributed by atoms with Gasteiger partial charge in [-0.2, -0.15) is 0 Å². The van der Waals surface area contributed by atoms with Crippen molar-refractivity contribution in [1.29, 1.82) is 0 Å². The van der Waals surface area contributed by atoms with Gasteiger partial charge in [-0.05, 0) is 55.6 Å². The average Bonchev–Trinajstić information content (AvgIpc) is 3.13. The molecule has 1 aliphatic rings. The smallest absolute Gasteiger partial charge is 0.0664 e. The van der Waals surface area contributed by atoms with E-state index in [4.69, 9.17) is 0 Å². The Hall–Kier alpha value is -5.40. The highest BCUT2D eigenvalue weighted by Gasteiger charge is 2.33. The SMILES string of the molecule is c1ccc(-c2cccc(-c3ccccc3)c2B2c3ccccc3-c3ccccc3-c3ccccc3-c3ccccc32)cc1. The number of benzene rings is 7. The summed E-state index contributed by atoms with van der Waals surface area (Å²) in [5.41, 5.74) is 16.5. The number of rotatable bonds is 3. The highest BCUT2D eigenvalue weighted by molar-refractivity contribution is 6.98. The summed E-state index contributed by atoms with van der Waals surface area (Å²) in [6.07, 6.45) is 0. The van der Waals surface area contributed by atoms with Gasteiger partial charge in [0.1, 0.15) is 0 Å². The van der Waals surface area contributed by atoms with Gasteiger partial charge in [0.2, 0.25) is 6.71 Å². The summed E-state index contributed by atoms with van der Waals surface area (Å²) in [5.74, 6) is 0. The third kappa shape index (κ3) is 4.33. The van der Waals surface area contributed by atoms with Crippen LogP contribution in [0, 0.1) is 0 Å². The van der Waals surface area contributed by atoms with Crippen LogP contribution in [-0.2, 0) is 0 Å². The molecule has 8 rings (SSSR count). The van der Waals surface area contributed by atoms with Crippen molar-refractivity contribution in [2.75, 3.05) is 0 Å². The maximum absolute atomic E-state index is 2.35. The minimum Gasteiger partial charge on any atom is -0.0664 e. The predicted molar refractivity (Wildman–Crippen MR) is 185 cm³/mol. The van der Waals surface area contributed by atoms with Gasteiger partial charge in [-0.1, -0.05) is 192 Å². The summed E-state index contributed by atoms with van der Waals surface area (Å²) in [7, 11) is 0. The Kier molecular flexibility index (Phi) is 6.35. The molecule has 0 saturated heterocycles. The Morgan fingerprint density at radius 3 is 0.953 bits per heavy atom. The van der Waals surface area contributed by atoms with Gasteiger partial charge >= 0.3 is 0 Å². The van der Waals surface area contributed by atoms with Crippen LogP contribution in [0.4, 0.5) is 0 Å². The van der Waals surface area contributed by atoms with E-state index in [1.165, 1.54) is 72.0 Å². The zero-order valence-corrected chi connectivity index (χ0v) is 23.8. The minimum atomic E-state index is -0.0155. The van der Waals surface area contributed by atoms with Gasteiger partial charge in [0.25, 0.3) is 0 Å². The molecule has 0 aromatic heterocycles. The molecule has 0 fully saturated rings. The predicted octanol–water partition coefficient (Wildman–Crippen LogP) is 8.85. The van der Waals surface area contributed by atoms with E-state index in [9.17, 15) is 0 Å². The number of hydrogen-bond donors (Lipinski definition) is 0. The van der Waals surface area contributed by atoms with Gasteiger partial charge in [0.15, 0.2) is 0 Å². The van der Waals surface area contributed by atoms with Gasteiger partial charge in [-0.3, -0.25) is 0 Å². The van der Waals surface area contributed by atoms with Crippen LogP contribution >= 0.6 is 0 Å². The second-order valence-electron chi connectivity index (χ2n) is 11.2. The molecule has 1 aliphatic heterocycles. The van der Waals surface area contributed by atoms with Crippen LogP contribution < -0.4 is 16.4 Å². The fraction of sp³-hybridized carbons (Fsp3) is 0. The first-order valence-electron chi connectivity index (χ1n) is 15.0. The van der Waals surface area contributed by atoms with Crippen molar-refractivity contribution < 1.29 is 0 Å². The molecule has 0 N–H and O–H groups in total. The molecule has 200 valence electrons. The topological polar surface area (TPSA) is 0 Å². The highest BCUT2D eigenvalue weighted by Crippen LogP contribution is 2.39. The fourth-order valence-corrected chi connectivity index (χ4v) is 6.99. The van der Waals surface area contributed by atoms with Crippen LogP contribution in [0.5, 0.6) is 0 Å². The molecule has 0 unspecified atom stereocenters. The first-order valence-corrected chi connectivity index (χ1v) is 15.0. The van der Waals surface area contributed by atoms with Crippen LogP contribution in [0.3, 0.4) is 0 Å². The van der Waals surface area contributed by atoms with Crippen LogP contribution in [0.1, 0.15) is 0 Å². The van der Waals surface area contributed by atoms with Gasteiger partial charge in [0, 0.05) is 0 Å². The van der Waals surface area contributed by atoms with Gasteiger partial charge in [-0.15, -0.1) is 0 Å². The van der Waals surface area contributed by atoms with Crippen molar-refractivity contribution in [2.45, 2.75) is 0 Å². The molecule has 0 amide bonds. The fourth-order valence-electron chi connectivity index (χ4n) is 6.99. The van der Waals surface area contributed by atoms with Gasteiger partial charge in [-0.25, -0.2) is 0 Å². The highest BCUT2D eigenvalue weighted by atomic mass is 14.2. The first kappa shape index (κ1) is 25.3. The molecule has 0 aliphatic carbocycles. The van der Waals surface area contributed by atoms with Crippen molar-refractivity contribution in [1.82, 2.24) is 0 Å². The molecular formula is C42H29B. The lowest BCUT2D eigenvalue weighted by Crippen LogP contribution is -2.54. The number of hydrogen-bond acceptors (Lipinski definition) is 0. The Morgan fingerprint density at radius 2 is 0.535 bits per heavy atom. The summed E-state index contributed by atoms with van der Waals surface area (Å²) in [5, 5.41) is 0. The van der Waals surface area contributed by atoms with Crippen molar-refractivity contribution in [3.8, 4) is 55.6 Å². The second-order valence-corrected chi connectivity index (χ2v) is 11.2. The van der Waals surface area contributed by atoms with Crippen molar-refractivity contribution >= 4 is 23.1 Å². The Labute approximate surface area is 254 Å². The van der Waals surface area contributed by atoms with Crippen LogP contribution in [0.15, 0.2) is 176 Å². The minimum absolute atomic E-state index is 0.0155. The third-order valence-electron chi connectivity index (χ3n) is 8.83. The Balaban J connectivity index is 1.57. The standard InChI is InChI=1S/C42H29B/c1-3-16-30(17-4-1)32-26-15-27-33(31-18-5-2-6-19-31)42(32)43-40-28-13-11-24-38(40)36-22-9-7-20-34(36)35-21-8-10-23-37(35)39-25-12-14-29-41(39)43/h1-29H. The van der Waals surface area contributed by atoms with Gasteiger partial charge in [0.05, 0.1) is 0 Å². The zero-order chi connectivity index (χ0) is 28.6. The lowest BCUT2D eigenvalue weighted by Gasteiger charge is -2.26. The second kappa shape index (κ2) is 10.8. The summed E-state index contributed by atoms with van der Waals surface area (Å²) in [4.78, 5) is 0. The van der Waals surface area contributed by atoms with Crippen molar-refractivity contribution in [3.05, 3.63) is 176 Å². The van der Waals surface area contributed by atoms with E-state index in [0.29, 0.717) is 0 Å². The molecule has 1 heterocycles. The molecule has 43 heavy (non-hydrogen) atoms. The molecule has 1 heteroatoms. The normalized spacial score (nSPS) is 11.7. The third-order valence-corrected chi connectivity index (χ3v) is 8.83. The molecular weight excluding hydrogens is 515 g/mol. The molecule has 0 atom stereocenters. The molecule has 7 aromatic rings. The first-order chi connectivity index (χ1) is 21.4. The van der Waals surface area contributed by atoms with E-state index in [-0.39, 0.29) is 6.71 Å². The van der Waals surface area contributed by atoms with Crippen LogP contribution in [0.2, 0.25) is 0 Å². The molecule has 7 aromatic carbocycles. The molecule has 0 nitrogen and oxygen atoms in total. The Bertz CT molecular complexity index is 1930. The van der Waals surface area contributed by atoms with Crippen molar-refractivity contribution in [3.63, 3.8) is 0 Å². The van der Waals surface area contributed by atoms with E-state index in [0.717, 1.165) is 0 Å². The summed E-state index contributed by atoms with van der Waals surface area (Å²) < 4.78 is 0. The Morgan fingerprint density at radius 1 is 0.233 bits per heavy atom. The maximum atomic E-state index is 2.35. The monoisotopic (exact) mass is 544 g/mol. The average molecular weight is 545 g/mol. The zero-order valence-electron chi connectivity index (χ0n) is 23.8. The van der Waals surface area contributed by atoms with Crippen LogP contribution in [0.25, 0.3) is 55.6 Å². The summed E-state index contributed by atoms with van der Waals surface area (Å²) in [6.45, 7) is -0.0155. The summed E-state index contributed by atoms with van der Waals surface area (Å²) >= 11 is 0. The molecule has 0 bridgehead atoms. The van der Waals surface area contributed by atoms with E-state index in [1.54, 1.807) is 0 Å². The lowest BCUT2D eigenvalue weighted by molar-refractivity contribution is 1.58. The van der Waals surface area contributed by atoms with E-state index >= 15 is 0 Å². The number of fused-ring (bicyclic) bond motifs is 7. The largest absolute Gasteiger partial charge is 0.244 e. The summed E-state index contributed by atoms with van der Waals surface area (Å²) in [6, 6.07) is 64.5. The maximum Gasteiger partial charge on any atom is 0.244 e. The molecule has 0 radical (unpaired) electrons. The van der Waals surface area contributed by atoms with Crippen LogP contribution in [-0.4, -0.2) is 6.71 Å². The van der Waals surface area contributed by atoms with Gasteiger partial charge < -0.3 is 0 Å². The quantitative estimate of drug-likeness (QED) is 0.195. The molecule has 0 spiro atoms.